The fourth-order valence-electron chi connectivity index (χ4n) is 4.38. The number of carbonyl (C=O) groups is 3. The predicted molar refractivity (Wildman–Crippen MR) is 154 cm³/mol. The molecule has 8 heteroatoms. The maximum atomic E-state index is 14.2. The van der Waals surface area contributed by atoms with Crippen LogP contribution in [0, 0.1) is 20.8 Å². The summed E-state index contributed by atoms with van der Waals surface area (Å²) in [6.07, 6.45) is 3.38. The van der Waals surface area contributed by atoms with E-state index in [1.165, 1.54) is 0 Å². The number of amides is 3. The number of ether oxygens (including phenoxy) is 1. The molecule has 0 saturated heterocycles. The Morgan fingerprint density at radius 3 is 2.16 bits per heavy atom. The van der Waals surface area contributed by atoms with Crippen LogP contribution in [0.5, 0.6) is 0 Å². The molecule has 2 N–H and O–H groups in total. The van der Waals surface area contributed by atoms with Crippen molar-refractivity contribution in [3.8, 4) is 0 Å². The fourth-order valence-corrected chi connectivity index (χ4v) is 4.86. The Morgan fingerprint density at radius 2 is 1.63 bits per heavy atom. The highest BCUT2D eigenvalue weighted by Gasteiger charge is 2.44. The number of benzene rings is 2. The van der Waals surface area contributed by atoms with E-state index >= 15 is 0 Å². The second-order valence-electron chi connectivity index (χ2n) is 11.0. The average molecular weight is 540 g/mol. The van der Waals surface area contributed by atoms with Gasteiger partial charge in [0, 0.05) is 11.7 Å². The van der Waals surface area contributed by atoms with Crippen molar-refractivity contribution in [3.05, 3.63) is 64.7 Å². The highest BCUT2D eigenvalue weighted by Crippen LogP contribution is 2.37. The number of nitrogens with one attached hydrogen (secondary N) is 2. The smallest absolute Gasteiger partial charge is 0.408 e. The predicted octanol–water partition coefficient (Wildman–Crippen LogP) is 5.93. The van der Waals surface area contributed by atoms with Crippen molar-refractivity contribution in [1.29, 1.82) is 0 Å². The number of aryl methyl sites for hydroxylation is 3. The van der Waals surface area contributed by atoms with E-state index in [4.69, 9.17) is 4.74 Å². The molecule has 0 heterocycles. The number of anilines is 1. The summed E-state index contributed by atoms with van der Waals surface area (Å²) in [6.45, 7) is 11.3. The molecular formula is C30H41N3O4S. The molecule has 2 aromatic carbocycles. The third-order valence-electron chi connectivity index (χ3n) is 6.44. The van der Waals surface area contributed by atoms with Crippen molar-refractivity contribution in [1.82, 2.24) is 10.2 Å². The first-order valence-corrected chi connectivity index (χ1v) is 14.5. The second kappa shape index (κ2) is 12.7. The summed E-state index contributed by atoms with van der Waals surface area (Å²) in [6, 6.07) is 11.9. The van der Waals surface area contributed by atoms with Crippen LogP contribution in [0.4, 0.5) is 10.5 Å². The van der Waals surface area contributed by atoms with Crippen molar-refractivity contribution in [2.24, 2.45) is 0 Å². The molecule has 0 radical (unpaired) electrons. The molecule has 1 aliphatic carbocycles. The van der Waals surface area contributed by atoms with E-state index in [2.05, 4.69) is 10.6 Å². The molecule has 1 aliphatic rings. The highest BCUT2D eigenvalue weighted by atomic mass is 32.2. The number of rotatable bonds is 10. The fraction of sp³-hybridized carbons (Fsp3) is 0.500. The third-order valence-corrected chi connectivity index (χ3v) is 7.09. The van der Waals surface area contributed by atoms with Gasteiger partial charge in [-0.05, 0) is 89.5 Å². The van der Waals surface area contributed by atoms with Crippen LogP contribution in [0.15, 0.2) is 42.5 Å². The van der Waals surface area contributed by atoms with Gasteiger partial charge in [0.1, 0.15) is 17.7 Å². The first-order chi connectivity index (χ1) is 17.9. The quantitative estimate of drug-likeness (QED) is 0.391. The van der Waals surface area contributed by atoms with Gasteiger partial charge < -0.3 is 20.3 Å². The summed E-state index contributed by atoms with van der Waals surface area (Å²) in [7, 11) is 0. The Labute approximate surface area is 231 Å². The van der Waals surface area contributed by atoms with Crippen LogP contribution < -0.4 is 10.6 Å². The number of alkyl carbamates (subject to hydrolysis) is 1. The van der Waals surface area contributed by atoms with Crippen LogP contribution in [0.25, 0.3) is 0 Å². The van der Waals surface area contributed by atoms with Gasteiger partial charge in [-0.25, -0.2) is 4.79 Å². The monoisotopic (exact) mass is 539 g/mol. The van der Waals surface area contributed by atoms with Crippen LogP contribution in [-0.4, -0.2) is 52.5 Å². The molecule has 1 saturated carbocycles. The molecule has 2 atom stereocenters. The van der Waals surface area contributed by atoms with E-state index in [1.54, 1.807) is 37.4 Å². The number of nitrogens with zero attached hydrogens (tertiary/aromatic N) is 1. The molecule has 3 amide bonds. The van der Waals surface area contributed by atoms with E-state index in [9.17, 15) is 14.4 Å². The van der Waals surface area contributed by atoms with E-state index in [0.29, 0.717) is 12.2 Å². The number of hydrogen-bond donors (Lipinski definition) is 2. The molecular weight excluding hydrogens is 498 g/mol. The Morgan fingerprint density at radius 1 is 1.03 bits per heavy atom. The topological polar surface area (TPSA) is 87.7 Å². The van der Waals surface area contributed by atoms with Crippen LogP contribution in [-0.2, 0) is 14.3 Å². The first kappa shape index (κ1) is 29.6. The molecule has 2 aromatic rings. The van der Waals surface area contributed by atoms with E-state index in [-0.39, 0.29) is 17.9 Å². The van der Waals surface area contributed by atoms with E-state index in [1.807, 2.05) is 69.5 Å². The molecule has 3 rings (SSSR count). The van der Waals surface area contributed by atoms with Gasteiger partial charge >= 0.3 is 6.09 Å². The summed E-state index contributed by atoms with van der Waals surface area (Å²) in [5.74, 6) is 0.135. The van der Waals surface area contributed by atoms with Gasteiger partial charge in [-0.15, -0.1) is 0 Å². The minimum atomic E-state index is -0.841. The Balaban J connectivity index is 1.99. The molecule has 0 spiro atoms. The lowest BCUT2D eigenvalue weighted by atomic mass is 10.00. The highest BCUT2D eigenvalue weighted by molar-refractivity contribution is 7.98. The number of para-hydroxylation sites is 1. The minimum Gasteiger partial charge on any atom is -0.444 e. The summed E-state index contributed by atoms with van der Waals surface area (Å²) in [5.41, 5.74) is 3.77. The van der Waals surface area contributed by atoms with Gasteiger partial charge in [0.25, 0.3) is 5.91 Å². The molecule has 7 nitrogen and oxygen atoms in total. The molecule has 0 aromatic heterocycles. The molecule has 206 valence electrons. The zero-order valence-corrected chi connectivity index (χ0v) is 24.4. The molecule has 0 aliphatic heterocycles. The first-order valence-electron chi connectivity index (χ1n) is 13.2. The SMILES string of the molecule is CSCCC(NC(=O)OC(C)(C)C)C(=O)N(C1CC1)C(C(=O)Nc1c(C)cccc1C)c1ccc(C)cc1. The van der Waals surface area contributed by atoms with Crippen molar-refractivity contribution in [2.45, 2.75) is 84.5 Å². The average Bonchev–Trinajstić information content (AvgIpc) is 3.67. The lowest BCUT2D eigenvalue weighted by molar-refractivity contribution is -0.141. The van der Waals surface area contributed by atoms with Gasteiger partial charge in [-0.3, -0.25) is 9.59 Å². The lowest BCUT2D eigenvalue weighted by Crippen LogP contribution is -2.53. The third kappa shape index (κ3) is 8.00. The van der Waals surface area contributed by atoms with Gasteiger partial charge in [-0.1, -0.05) is 48.0 Å². The van der Waals surface area contributed by atoms with Crippen LogP contribution in [0.2, 0.25) is 0 Å². The maximum Gasteiger partial charge on any atom is 0.408 e. The largest absolute Gasteiger partial charge is 0.444 e. The molecule has 0 bridgehead atoms. The van der Waals surface area contributed by atoms with Crippen molar-refractivity contribution < 1.29 is 19.1 Å². The zero-order chi connectivity index (χ0) is 28.0. The maximum absolute atomic E-state index is 14.2. The van der Waals surface area contributed by atoms with Gasteiger partial charge in [0.15, 0.2) is 0 Å². The molecule has 1 fully saturated rings. The van der Waals surface area contributed by atoms with Crippen molar-refractivity contribution in [2.75, 3.05) is 17.3 Å². The summed E-state index contributed by atoms with van der Waals surface area (Å²) < 4.78 is 5.46. The number of thioether (sulfide) groups is 1. The summed E-state index contributed by atoms with van der Waals surface area (Å²) in [4.78, 5) is 42.5. The standard InChI is InChI=1S/C30H41N3O4S/c1-19-11-13-22(14-12-19)26(27(34)32-25-20(2)9-8-10-21(25)3)33(23-15-16-23)28(35)24(17-18-38-7)31-29(36)37-30(4,5)6/h8-14,23-24,26H,15-18H2,1-7H3,(H,31,36)(H,32,34). The number of hydrogen-bond acceptors (Lipinski definition) is 5. The van der Waals surface area contributed by atoms with Crippen LogP contribution in [0.3, 0.4) is 0 Å². The zero-order valence-electron chi connectivity index (χ0n) is 23.6. The number of carbonyl (C=O) groups excluding carboxylic acids is 3. The van der Waals surface area contributed by atoms with Gasteiger partial charge in [-0.2, -0.15) is 11.8 Å². The van der Waals surface area contributed by atoms with E-state index in [0.717, 1.165) is 40.8 Å². The van der Waals surface area contributed by atoms with Gasteiger partial charge in [0.2, 0.25) is 5.91 Å². The van der Waals surface area contributed by atoms with Crippen LogP contribution >= 0.6 is 11.8 Å². The summed E-state index contributed by atoms with van der Waals surface area (Å²) in [5, 5.41) is 5.91. The van der Waals surface area contributed by atoms with E-state index < -0.39 is 23.8 Å². The van der Waals surface area contributed by atoms with Crippen molar-refractivity contribution >= 4 is 35.4 Å². The second-order valence-corrected chi connectivity index (χ2v) is 12.0. The molecule has 2 unspecified atom stereocenters. The minimum absolute atomic E-state index is 0.0743. The Hall–Kier alpha value is -3.00. The summed E-state index contributed by atoms with van der Waals surface area (Å²) >= 11 is 1.60. The van der Waals surface area contributed by atoms with Crippen LogP contribution in [0.1, 0.15) is 68.3 Å². The Bertz CT molecular complexity index is 1120. The normalized spacial score (nSPS) is 14.8. The lowest BCUT2D eigenvalue weighted by Gasteiger charge is -2.35. The molecule has 38 heavy (non-hydrogen) atoms. The van der Waals surface area contributed by atoms with Gasteiger partial charge in [0.05, 0.1) is 0 Å². The Kier molecular flexibility index (Phi) is 9.88. The van der Waals surface area contributed by atoms with Crippen molar-refractivity contribution in [3.63, 3.8) is 0 Å².